The topological polar surface area (TPSA) is 154 Å². The normalized spacial score (nSPS) is 12.6. The van der Waals surface area contributed by atoms with E-state index in [1.54, 1.807) is 50.4 Å². The molecule has 0 saturated carbocycles. The van der Waals surface area contributed by atoms with Gasteiger partial charge in [-0.25, -0.2) is 18.4 Å². The molecule has 0 aliphatic rings. The van der Waals surface area contributed by atoms with Gasteiger partial charge in [-0.05, 0) is 92.3 Å². The van der Waals surface area contributed by atoms with Crippen molar-refractivity contribution in [1.29, 1.82) is 0 Å². The summed E-state index contributed by atoms with van der Waals surface area (Å²) in [5, 5.41) is 13.9. The molecule has 2 aromatic carbocycles. The van der Waals surface area contributed by atoms with Crippen LogP contribution in [0.2, 0.25) is 5.02 Å². The third kappa shape index (κ3) is 6.70. The standard InChI is InChI=1S/C30H32ClN5O5S/c1-16-17(2)19(4)28(20(5)18(16)3)42(40,41)36-25(30(38)39)14-27-34-24-10-8-21(13-23(24)29(37)35-27)7-6-12-32-26-11-9-22(31)15-33-26/h6-11,13,15,25,36H,12,14H2,1-5H3,(H,32,33)(H,38,39)(H,34,35,37)/b7-6+/t25-/m0/s1. The monoisotopic (exact) mass is 609 g/mol. The third-order valence-electron chi connectivity index (χ3n) is 7.41. The lowest BCUT2D eigenvalue weighted by atomic mass is 9.95. The van der Waals surface area contributed by atoms with E-state index in [4.69, 9.17) is 11.6 Å². The first-order chi connectivity index (χ1) is 19.8. The predicted octanol–water partition coefficient (Wildman–Crippen LogP) is 4.61. The van der Waals surface area contributed by atoms with Crippen LogP contribution >= 0.6 is 11.6 Å². The Kier molecular flexibility index (Phi) is 9.15. The van der Waals surface area contributed by atoms with Crippen molar-refractivity contribution in [2.45, 2.75) is 52.0 Å². The zero-order valence-corrected chi connectivity index (χ0v) is 25.4. The number of hydrogen-bond acceptors (Lipinski definition) is 7. The van der Waals surface area contributed by atoms with Crippen molar-refractivity contribution < 1.29 is 18.3 Å². The van der Waals surface area contributed by atoms with E-state index in [0.717, 1.165) is 22.3 Å². The van der Waals surface area contributed by atoms with Crippen molar-refractivity contribution in [3.63, 3.8) is 0 Å². The Morgan fingerprint density at radius 3 is 2.33 bits per heavy atom. The maximum absolute atomic E-state index is 13.4. The molecular formula is C30H32ClN5O5S. The number of aromatic nitrogens is 3. The van der Waals surface area contributed by atoms with Crippen LogP contribution in [0.1, 0.15) is 39.2 Å². The number of aromatic amines is 1. The van der Waals surface area contributed by atoms with Crippen LogP contribution in [0.15, 0.2) is 52.3 Å². The van der Waals surface area contributed by atoms with Crippen LogP contribution in [0, 0.1) is 34.6 Å². The Bertz CT molecular complexity index is 1840. The van der Waals surface area contributed by atoms with Crippen LogP contribution in [-0.2, 0) is 21.2 Å². The SMILES string of the molecule is Cc1c(C)c(C)c(S(=O)(=O)N[C@@H](Cc2nc3ccc(/C=C/CNc4ccc(Cl)cn4)cc3c(=O)[nH]2)C(=O)O)c(C)c1C. The Morgan fingerprint density at radius 1 is 1.05 bits per heavy atom. The molecule has 4 rings (SSSR count). The molecule has 4 N–H and O–H groups in total. The highest BCUT2D eigenvalue weighted by Gasteiger charge is 2.30. The van der Waals surface area contributed by atoms with Gasteiger partial charge in [0.25, 0.3) is 5.56 Å². The molecule has 220 valence electrons. The molecule has 2 aromatic heterocycles. The summed E-state index contributed by atoms with van der Waals surface area (Å²) < 4.78 is 29.2. The number of H-pyrrole nitrogens is 1. The van der Waals surface area contributed by atoms with Gasteiger partial charge in [0, 0.05) is 19.2 Å². The van der Waals surface area contributed by atoms with Crippen molar-refractivity contribution in [3.8, 4) is 0 Å². The minimum Gasteiger partial charge on any atom is -0.480 e. The molecule has 42 heavy (non-hydrogen) atoms. The van der Waals surface area contributed by atoms with E-state index >= 15 is 0 Å². The van der Waals surface area contributed by atoms with Crippen molar-refractivity contribution in [1.82, 2.24) is 19.7 Å². The minimum atomic E-state index is -4.21. The largest absolute Gasteiger partial charge is 0.480 e. The van der Waals surface area contributed by atoms with Crippen molar-refractivity contribution in [2.75, 3.05) is 11.9 Å². The Balaban J connectivity index is 1.53. The van der Waals surface area contributed by atoms with Gasteiger partial charge >= 0.3 is 5.97 Å². The summed E-state index contributed by atoms with van der Waals surface area (Å²) in [5.74, 6) is -0.664. The van der Waals surface area contributed by atoms with E-state index in [2.05, 4.69) is 25.0 Å². The number of aliphatic carboxylic acids is 1. The molecule has 0 spiro atoms. The molecule has 0 unspecified atom stereocenters. The average molecular weight is 610 g/mol. The number of carbonyl (C=O) groups is 1. The molecule has 2 heterocycles. The lowest BCUT2D eigenvalue weighted by Crippen LogP contribution is -2.43. The summed E-state index contributed by atoms with van der Waals surface area (Å²) in [7, 11) is -4.21. The molecule has 0 fully saturated rings. The van der Waals surface area contributed by atoms with Gasteiger partial charge in [-0.15, -0.1) is 0 Å². The summed E-state index contributed by atoms with van der Waals surface area (Å²) >= 11 is 5.84. The van der Waals surface area contributed by atoms with Gasteiger partial charge in [-0.3, -0.25) is 9.59 Å². The van der Waals surface area contributed by atoms with E-state index in [1.165, 1.54) is 0 Å². The Hall–Kier alpha value is -4.06. The first kappa shape index (κ1) is 30.9. The first-order valence-corrected chi connectivity index (χ1v) is 15.0. The molecule has 12 heteroatoms. The third-order valence-corrected chi connectivity index (χ3v) is 9.38. The van der Waals surface area contributed by atoms with Crippen molar-refractivity contribution >= 4 is 50.4 Å². The number of anilines is 1. The zero-order valence-electron chi connectivity index (χ0n) is 23.9. The smallest absolute Gasteiger partial charge is 0.322 e. The molecule has 0 amide bonds. The lowest BCUT2D eigenvalue weighted by molar-refractivity contribution is -0.139. The molecule has 0 saturated heterocycles. The van der Waals surface area contributed by atoms with Crippen molar-refractivity contribution in [3.05, 3.63) is 97.2 Å². The Labute approximate surface area is 248 Å². The van der Waals surface area contributed by atoms with Crippen LogP contribution in [0.25, 0.3) is 17.0 Å². The number of fused-ring (bicyclic) bond motifs is 1. The number of halogens is 1. The molecule has 0 radical (unpaired) electrons. The first-order valence-electron chi connectivity index (χ1n) is 13.2. The molecule has 10 nitrogen and oxygen atoms in total. The maximum atomic E-state index is 13.4. The summed E-state index contributed by atoms with van der Waals surface area (Å²) in [6.07, 6.45) is 4.90. The summed E-state index contributed by atoms with van der Waals surface area (Å²) in [5.41, 5.74) is 4.43. The van der Waals surface area contributed by atoms with E-state index in [0.29, 0.717) is 39.4 Å². The van der Waals surface area contributed by atoms with Crippen LogP contribution in [0.4, 0.5) is 5.82 Å². The Morgan fingerprint density at radius 2 is 1.71 bits per heavy atom. The van der Waals surface area contributed by atoms with Gasteiger partial charge in [-0.2, -0.15) is 4.72 Å². The van der Waals surface area contributed by atoms with Gasteiger partial charge < -0.3 is 15.4 Å². The predicted molar refractivity (Wildman–Crippen MR) is 165 cm³/mol. The van der Waals surface area contributed by atoms with E-state index < -0.39 is 27.6 Å². The number of rotatable bonds is 10. The quantitative estimate of drug-likeness (QED) is 0.203. The van der Waals surface area contributed by atoms with Gasteiger partial charge in [0.05, 0.1) is 20.8 Å². The van der Waals surface area contributed by atoms with Gasteiger partial charge in [0.1, 0.15) is 17.7 Å². The van der Waals surface area contributed by atoms with E-state index in [-0.39, 0.29) is 17.1 Å². The molecule has 1 atom stereocenters. The molecule has 0 bridgehead atoms. The van der Waals surface area contributed by atoms with E-state index in [9.17, 15) is 23.1 Å². The molecule has 4 aromatic rings. The number of nitrogens with one attached hydrogen (secondary N) is 3. The summed E-state index contributed by atoms with van der Waals surface area (Å²) in [6, 6.07) is 7.06. The fraction of sp³-hybridized carbons (Fsp3) is 0.267. The second-order valence-electron chi connectivity index (χ2n) is 10.1. The number of nitrogens with zero attached hydrogens (tertiary/aromatic N) is 2. The number of benzene rings is 2. The highest BCUT2D eigenvalue weighted by Crippen LogP contribution is 2.29. The summed E-state index contributed by atoms with van der Waals surface area (Å²) in [4.78, 5) is 36.3. The van der Waals surface area contributed by atoms with Crippen LogP contribution in [0.5, 0.6) is 0 Å². The molecular weight excluding hydrogens is 578 g/mol. The number of pyridine rings is 1. The average Bonchev–Trinajstić information content (AvgIpc) is 2.93. The molecule has 0 aliphatic carbocycles. The highest BCUT2D eigenvalue weighted by molar-refractivity contribution is 7.89. The molecule has 0 aliphatic heterocycles. The number of hydrogen-bond donors (Lipinski definition) is 4. The van der Waals surface area contributed by atoms with Gasteiger partial charge in [-0.1, -0.05) is 29.8 Å². The van der Waals surface area contributed by atoms with Gasteiger partial charge in [0.2, 0.25) is 10.0 Å². The second kappa shape index (κ2) is 12.4. The minimum absolute atomic E-state index is 0.0512. The summed E-state index contributed by atoms with van der Waals surface area (Å²) in [6.45, 7) is 9.51. The van der Waals surface area contributed by atoms with Gasteiger partial charge in [0.15, 0.2) is 0 Å². The number of sulfonamides is 1. The van der Waals surface area contributed by atoms with Crippen LogP contribution < -0.4 is 15.6 Å². The number of carboxylic acids is 1. The number of carboxylic acid groups (broad SMARTS) is 1. The fourth-order valence-corrected chi connectivity index (χ4v) is 6.63. The van der Waals surface area contributed by atoms with E-state index in [1.807, 2.05) is 32.9 Å². The maximum Gasteiger partial charge on any atom is 0.322 e. The highest BCUT2D eigenvalue weighted by atomic mass is 35.5. The second-order valence-corrected chi connectivity index (χ2v) is 12.2. The lowest BCUT2D eigenvalue weighted by Gasteiger charge is -2.21. The van der Waals surface area contributed by atoms with Crippen LogP contribution in [-0.4, -0.2) is 47.0 Å². The van der Waals surface area contributed by atoms with Crippen molar-refractivity contribution in [2.24, 2.45) is 0 Å². The van der Waals surface area contributed by atoms with Crippen LogP contribution in [0.3, 0.4) is 0 Å². The fourth-order valence-electron chi connectivity index (χ4n) is 4.73. The zero-order chi connectivity index (χ0) is 30.8.